The first-order valence-corrected chi connectivity index (χ1v) is 7.61. The van der Waals surface area contributed by atoms with Crippen LogP contribution in [0.2, 0.25) is 0 Å². The molecule has 2 aromatic carbocycles. The number of aromatic hydroxyl groups is 1. The van der Waals surface area contributed by atoms with Gasteiger partial charge in [-0.05, 0) is 41.3 Å². The Morgan fingerprint density at radius 3 is 2.43 bits per heavy atom. The molecule has 4 nitrogen and oxygen atoms in total. The fourth-order valence-electron chi connectivity index (χ4n) is 3.31. The van der Waals surface area contributed by atoms with Gasteiger partial charge < -0.3 is 14.6 Å². The Morgan fingerprint density at radius 1 is 0.957 bits per heavy atom. The zero-order valence-corrected chi connectivity index (χ0v) is 13.2. The van der Waals surface area contributed by atoms with Gasteiger partial charge in [0.05, 0.1) is 14.2 Å². The molecule has 1 aliphatic rings. The van der Waals surface area contributed by atoms with Crippen LogP contribution in [0.5, 0.6) is 17.2 Å². The van der Waals surface area contributed by atoms with Gasteiger partial charge in [0.1, 0.15) is 5.75 Å². The second kappa shape index (κ2) is 5.16. The molecule has 2 heterocycles. The van der Waals surface area contributed by atoms with Crippen LogP contribution < -0.4 is 14.0 Å². The van der Waals surface area contributed by atoms with Crippen molar-refractivity contribution in [3.63, 3.8) is 0 Å². The van der Waals surface area contributed by atoms with E-state index in [2.05, 4.69) is 16.8 Å². The number of pyridine rings is 1. The van der Waals surface area contributed by atoms with Crippen molar-refractivity contribution in [2.45, 2.75) is 13.0 Å². The maximum absolute atomic E-state index is 9.70. The zero-order chi connectivity index (χ0) is 16.0. The molecule has 4 rings (SSSR count). The number of aryl methyl sites for hydroxylation is 2. The molecule has 0 fully saturated rings. The molecule has 4 heteroatoms. The summed E-state index contributed by atoms with van der Waals surface area (Å²) < 4.78 is 13.1. The van der Waals surface area contributed by atoms with Crippen molar-refractivity contribution in [2.75, 3.05) is 14.2 Å². The fraction of sp³-hybridized carbons (Fsp3) is 0.211. The van der Waals surface area contributed by atoms with E-state index in [4.69, 9.17) is 9.47 Å². The molecule has 0 spiro atoms. The molecule has 1 N–H and O–H groups in total. The van der Waals surface area contributed by atoms with E-state index in [1.54, 1.807) is 20.3 Å². The molecular formula is C19H18NO3+. The average molecular weight is 308 g/mol. The number of ether oxygens (including phenoxy) is 2. The number of phenols is 1. The molecule has 0 radical (unpaired) electrons. The predicted molar refractivity (Wildman–Crippen MR) is 88.1 cm³/mol. The van der Waals surface area contributed by atoms with Crippen molar-refractivity contribution in [3.8, 4) is 28.5 Å². The molecular weight excluding hydrogens is 290 g/mol. The zero-order valence-electron chi connectivity index (χ0n) is 13.2. The van der Waals surface area contributed by atoms with Gasteiger partial charge in [0, 0.05) is 23.4 Å². The lowest BCUT2D eigenvalue weighted by atomic mass is 9.95. The van der Waals surface area contributed by atoms with Gasteiger partial charge in [0.2, 0.25) is 5.69 Å². The number of fused-ring (bicyclic) bond motifs is 4. The first-order valence-electron chi connectivity index (χ1n) is 7.61. The third-order valence-electron chi connectivity index (χ3n) is 4.47. The normalized spacial score (nSPS) is 12.6. The van der Waals surface area contributed by atoms with Crippen LogP contribution in [0.15, 0.2) is 42.6 Å². The molecule has 0 saturated heterocycles. The summed E-state index contributed by atoms with van der Waals surface area (Å²) in [6.07, 6.45) is 3.07. The second-order valence-corrected chi connectivity index (χ2v) is 5.78. The Bertz CT molecular complexity index is 918. The Labute approximate surface area is 134 Å². The highest BCUT2D eigenvalue weighted by atomic mass is 16.5. The van der Waals surface area contributed by atoms with E-state index in [-0.39, 0.29) is 0 Å². The fourth-order valence-corrected chi connectivity index (χ4v) is 3.31. The number of aromatic nitrogens is 1. The molecule has 0 atom stereocenters. The molecule has 23 heavy (non-hydrogen) atoms. The third kappa shape index (κ3) is 2.18. The number of hydrogen-bond donors (Lipinski definition) is 1. The smallest absolute Gasteiger partial charge is 0.213 e. The van der Waals surface area contributed by atoms with Crippen LogP contribution in [0.25, 0.3) is 22.0 Å². The van der Waals surface area contributed by atoms with Gasteiger partial charge in [-0.25, -0.2) is 0 Å². The van der Waals surface area contributed by atoms with Crippen LogP contribution in [0, 0.1) is 0 Å². The number of hydrogen-bond acceptors (Lipinski definition) is 3. The number of methoxy groups -OCH3 is 2. The lowest BCUT2D eigenvalue weighted by Crippen LogP contribution is -2.39. The SMILES string of the molecule is COc1cc2cc3[n+](cc2cc1OC)CCc1cc(O)ccc1-3. The summed E-state index contributed by atoms with van der Waals surface area (Å²) in [7, 11) is 3.30. The molecule has 1 aromatic heterocycles. The first kappa shape index (κ1) is 13.9. The summed E-state index contributed by atoms with van der Waals surface area (Å²) in [4.78, 5) is 0. The van der Waals surface area contributed by atoms with Crippen molar-refractivity contribution in [3.05, 3.63) is 48.2 Å². The molecule has 116 valence electrons. The van der Waals surface area contributed by atoms with E-state index in [0.717, 1.165) is 40.9 Å². The minimum absolute atomic E-state index is 0.324. The van der Waals surface area contributed by atoms with Gasteiger partial charge in [0.25, 0.3) is 0 Å². The van der Waals surface area contributed by atoms with Crippen LogP contribution in [0.3, 0.4) is 0 Å². The lowest BCUT2D eigenvalue weighted by Gasteiger charge is -2.16. The van der Waals surface area contributed by atoms with E-state index in [9.17, 15) is 5.11 Å². The maximum Gasteiger partial charge on any atom is 0.213 e. The summed E-state index contributed by atoms with van der Waals surface area (Å²) in [6, 6.07) is 11.8. The predicted octanol–water partition coefficient (Wildman–Crippen LogP) is 3.07. The van der Waals surface area contributed by atoms with Crippen LogP contribution in [-0.2, 0) is 13.0 Å². The van der Waals surface area contributed by atoms with E-state index in [0.29, 0.717) is 5.75 Å². The summed E-state index contributed by atoms with van der Waals surface area (Å²) in [5.74, 6) is 1.79. The first-order chi connectivity index (χ1) is 11.2. The molecule has 0 bridgehead atoms. The van der Waals surface area contributed by atoms with E-state index in [1.807, 2.05) is 24.3 Å². The van der Waals surface area contributed by atoms with Crippen LogP contribution in [0.1, 0.15) is 5.56 Å². The monoisotopic (exact) mass is 308 g/mol. The molecule has 0 unspecified atom stereocenters. The molecule has 0 amide bonds. The van der Waals surface area contributed by atoms with Crippen LogP contribution >= 0.6 is 0 Å². The Morgan fingerprint density at radius 2 is 1.70 bits per heavy atom. The Kier molecular flexibility index (Phi) is 3.11. The van der Waals surface area contributed by atoms with Crippen molar-refractivity contribution >= 4 is 10.8 Å². The minimum Gasteiger partial charge on any atom is -0.508 e. The van der Waals surface area contributed by atoms with Crippen molar-refractivity contribution < 1.29 is 19.1 Å². The lowest BCUT2D eigenvalue weighted by molar-refractivity contribution is -0.686. The largest absolute Gasteiger partial charge is 0.508 e. The Balaban J connectivity index is 1.96. The van der Waals surface area contributed by atoms with Crippen molar-refractivity contribution in [1.29, 1.82) is 0 Å². The molecule has 0 aliphatic carbocycles. The summed E-state index contributed by atoms with van der Waals surface area (Å²) >= 11 is 0. The van der Waals surface area contributed by atoms with Gasteiger partial charge in [-0.1, -0.05) is 0 Å². The molecule has 0 saturated carbocycles. The van der Waals surface area contributed by atoms with E-state index >= 15 is 0 Å². The average Bonchev–Trinajstić information content (AvgIpc) is 2.58. The van der Waals surface area contributed by atoms with E-state index < -0.39 is 0 Å². The standard InChI is InChI=1S/C19H17NO3/c1-22-18-9-13-8-17-16-4-3-15(21)7-12(16)5-6-20(17)11-14(13)10-19(18)23-2/h3-4,7-11H,5-6H2,1-2H3/p+1. The number of benzene rings is 2. The molecule has 3 aromatic rings. The summed E-state index contributed by atoms with van der Waals surface area (Å²) in [5, 5.41) is 11.9. The van der Waals surface area contributed by atoms with E-state index in [1.165, 1.54) is 11.1 Å². The van der Waals surface area contributed by atoms with Crippen molar-refractivity contribution in [1.82, 2.24) is 0 Å². The number of nitrogens with zero attached hydrogens (tertiary/aromatic N) is 1. The third-order valence-corrected chi connectivity index (χ3v) is 4.47. The topological polar surface area (TPSA) is 42.6 Å². The van der Waals surface area contributed by atoms with Gasteiger partial charge in [-0.15, -0.1) is 0 Å². The molecule has 1 aliphatic heterocycles. The Hall–Kier alpha value is -2.75. The summed E-state index contributed by atoms with van der Waals surface area (Å²) in [5.41, 5.74) is 3.52. The van der Waals surface area contributed by atoms with Crippen molar-refractivity contribution in [2.24, 2.45) is 0 Å². The quantitative estimate of drug-likeness (QED) is 0.740. The summed E-state index contributed by atoms with van der Waals surface area (Å²) in [6.45, 7) is 0.899. The number of rotatable bonds is 2. The van der Waals surface area contributed by atoms with Crippen LogP contribution in [-0.4, -0.2) is 19.3 Å². The maximum atomic E-state index is 9.70. The van der Waals surface area contributed by atoms with Crippen LogP contribution in [0.4, 0.5) is 0 Å². The highest BCUT2D eigenvalue weighted by Gasteiger charge is 2.24. The van der Waals surface area contributed by atoms with Gasteiger partial charge >= 0.3 is 0 Å². The minimum atomic E-state index is 0.324. The highest BCUT2D eigenvalue weighted by molar-refractivity contribution is 5.87. The highest BCUT2D eigenvalue weighted by Crippen LogP contribution is 2.35. The number of phenolic OH excluding ortho intramolecular Hbond substituents is 1. The van der Waals surface area contributed by atoms with Gasteiger partial charge in [0.15, 0.2) is 24.2 Å². The van der Waals surface area contributed by atoms with Gasteiger partial charge in [-0.3, -0.25) is 0 Å². The second-order valence-electron chi connectivity index (χ2n) is 5.78. The van der Waals surface area contributed by atoms with Gasteiger partial charge in [-0.2, -0.15) is 4.57 Å².